The Morgan fingerprint density at radius 3 is 2.49 bits per heavy atom. The highest BCUT2D eigenvalue weighted by molar-refractivity contribution is 6.91. The van der Waals surface area contributed by atoms with E-state index in [2.05, 4.69) is 81.5 Å². The summed E-state index contributed by atoms with van der Waals surface area (Å²) in [5.41, 5.74) is 5.54. The molecule has 312 valence electrons. The van der Waals surface area contributed by atoms with Gasteiger partial charge < -0.3 is 24.4 Å². The Labute approximate surface area is 350 Å². The molecule has 4 heterocycles. The Kier molecular flexibility index (Phi) is 12.8. The monoisotopic (exact) mass is 815 g/mol. The Bertz CT molecular complexity index is 2180. The smallest absolute Gasteiger partial charge is 0.264 e. The van der Waals surface area contributed by atoms with E-state index in [9.17, 15) is 9.90 Å². The highest BCUT2D eigenvalue weighted by atomic mass is 28.3. The van der Waals surface area contributed by atoms with Crippen LogP contribution in [0, 0.1) is 5.92 Å². The van der Waals surface area contributed by atoms with E-state index >= 15 is 4.79 Å². The van der Waals surface area contributed by atoms with Crippen molar-refractivity contribution in [3.63, 3.8) is 0 Å². The number of ether oxygens (including phenoxy) is 2. The molecular weight excluding hydrogens is 755 g/mol. The molecule has 0 radical (unpaired) electrons. The molecule has 59 heavy (non-hydrogen) atoms. The van der Waals surface area contributed by atoms with Crippen molar-refractivity contribution < 1.29 is 24.2 Å². The second kappa shape index (κ2) is 17.8. The second-order valence-electron chi connectivity index (χ2n) is 17.5. The fourth-order valence-corrected chi connectivity index (χ4v) is 13.9. The minimum atomic E-state index is -2.40. The van der Waals surface area contributed by atoms with Crippen molar-refractivity contribution >= 4 is 36.4 Å². The number of fused-ring (bicyclic) bond motifs is 2. The van der Waals surface area contributed by atoms with Crippen LogP contribution in [0.4, 0.5) is 11.4 Å². The molecule has 1 unspecified atom stereocenters. The quantitative estimate of drug-likeness (QED) is 0.0951. The number of aliphatic hydroxyl groups is 1. The number of methoxy groups -OCH3 is 1. The van der Waals surface area contributed by atoms with Crippen LogP contribution < -0.4 is 19.7 Å². The number of piperidine rings is 1. The highest BCUT2D eigenvalue weighted by Gasteiger charge is 2.66. The number of aromatic nitrogens is 3. The Morgan fingerprint density at radius 2 is 1.80 bits per heavy atom. The van der Waals surface area contributed by atoms with Crippen LogP contribution >= 0.6 is 0 Å². The van der Waals surface area contributed by atoms with Crippen LogP contribution in [0.3, 0.4) is 0 Å². The zero-order valence-corrected chi connectivity index (χ0v) is 36.9. The number of nitrogens with zero attached hydrogens (tertiary/aromatic N) is 5. The number of allylic oxidation sites excluding steroid dienone is 3. The second-order valence-corrected chi connectivity index (χ2v) is 22.2. The fraction of sp³-hybridized carbons (Fsp3) is 0.458. The summed E-state index contributed by atoms with van der Waals surface area (Å²) >= 11 is 0. The molecule has 2 fully saturated rings. The van der Waals surface area contributed by atoms with Crippen molar-refractivity contribution in [2.24, 2.45) is 5.92 Å². The van der Waals surface area contributed by atoms with Gasteiger partial charge in [0, 0.05) is 49.4 Å². The van der Waals surface area contributed by atoms with Gasteiger partial charge in [-0.25, -0.2) is 0 Å². The van der Waals surface area contributed by atoms with Crippen LogP contribution in [-0.2, 0) is 26.5 Å². The van der Waals surface area contributed by atoms with Crippen molar-refractivity contribution in [1.29, 1.82) is 0 Å². The average Bonchev–Trinajstić information content (AvgIpc) is 3.89. The summed E-state index contributed by atoms with van der Waals surface area (Å²) < 4.78 is 14.9. The van der Waals surface area contributed by atoms with Gasteiger partial charge in [-0.3, -0.25) is 14.3 Å². The third kappa shape index (κ3) is 8.34. The maximum Gasteiger partial charge on any atom is 0.264 e. The van der Waals surface area contributed by atoms with Gasteiger partial charge in [-0.05, 0) is 94.3 Å². The number of hydrogen-bond acceptors (Lipinski definition) is 7. The maximum atomic E-state index is 15.5. The number of aliphatic hydroxyl groups excluding tert-OH is 1. The van der Waals surface area contributed by atoms with Gasteiger partial charge in [0.05, 0.1) is 45.2 Å². The summed E-state index contributed by atoms with van der Waals surface area (Å²) in [5, 5.41) is 20.7. The number of hydrogen-bond donors (Lipinski definition) is 1. The molecule has 1 aromatic heterocycles. The molecule has 3 aliphatic heterocycles. The zero-order chi connectivity index (χ0) is 41.9. The topological polar surface area (TPSA) is 110 Å². The van der Waals surface area contributed by atoms with Gasteiger partial charge in [0.1, 0.15) is 5.75 Å². The molecule has 0 saturated carbocycles. The first kappa shape index (κ1) is 42.3. The van der Waals surface area contributed by atoms with Gasteiger partial charge in [0.25, 0.3) is 5.91 Å². The number of amides is 2. The van der Waals surface area contributed by atoms with E-state index in [4.69, 9.17) is 9.47 Å². The summed E-state index contributed by atoms with van der Waals surface area (Å²) in [6, 6.07) is 24.4. The van der Waals surface area contributed by atoms with Crippen LogP contribution in [-0.4, -0.2) is 72.9 Å². The third-order valence-electron chi connectivity index (χ3n) is 13.1. The number of rotatable bonds is 15. The minimum absolute atomic E-state index is 0.0340. The number of carbonyl (C=O) groups is 2. The van der Waals surface area contributed by atoms with Crippen LogP contribution in [0.5, 0.6) is 5.75 Å². The van der Waals surface area contributed by atoms with Crippen molar-refractivity contribution in [3.05, 3.63) is 119 Å². The molecule has 3 aromatic carbocycles. The molecule has 1 N–H and O–H groups in total. The molecule has 4 aromatic rings. The van der Waals surface area contributed by atoms with E-state index in [1.807, 2.05) is 75.3 Å². The van der Waals surface area contributed by atoms with E-state index in [1.54, 1.807) is 7.11 Å². The normalized spacial score (nSPS) is 22.6. The van der Waals surface area contributed by atoms with E-state index in [0.29, 0.717) is 38.2 Å². The van der Waals surface area contributed by atoms with Crippen LogP contribution in [0.1, 0.15) is 89.0 Å². The number of aryl methyl sites for hydroxylation is 1. The van der Waals surface area contributed by atoms with Crippen LogP contribution in [0.25, 0.3) is 0 Å². The number of benzene rings is 3. The van der Waals surface area contributed by atoms with E-state index in [1.165, 1.54) is 16.3 Å². The summed E-state index contributed by atoms with van der Waals surface area (Å²) in [6.45, 7) is 14.9. The molecule has 0 bridgehead atoms. The molecule has 0 aliphatic carbocycles. The van der Waals surface area contributed by atoms with E-state index in [0.717, 1.165) is 53.9 Å². The largest absolute Gasteiger partial charge is 0.497 e. The Balaban J connectivity index is 1.28. The van der Waals surface area contributed by atoms with Gasteiger partial charge in [0.15, 0.2) is 5.60 Å². The standard InChI is InChI=1S/C48H61N5O5Si/c1-33(2)14-13-15-34(3)25-29-53-43-24-19-37(52-27-12-11-18-45(52)55)30-41(43)48(47(53)56)35(4)46(59(6,7)39-22-20-38(57-5)21-23-39)44(58-48)26-28-51-31-42(49-50-51)40(32-54)36-16-9-8-10-17-36/h8-10,14,16-17,19-25,30-31,35,40,44,46,54H,11-13,15,18,26-29,32H2,1-7H3/b34-25+/t35-,40?,44+,46-,48+/m1/s1. The molecular formula is C48H61N5O5Si. The van der Waals surface area contributed by atoms with Gasteiger partial charge in [-0.2, -0.15) is 0 Å². The first-order chi connectivity index (χ1) is 28.4. The zero-order valence-electron chi connectivity index (χ0n) is 35.9. The summed E-state index contributed by atoms with van der Waals surface area (Å²) in [6.07, 6.45) is 10.9. The van der Waals surface area contributed by atoms with Gasteiger partial charge in [-0.15, -0.1) is 5.10 Å². The van der Waals surface area contributed by atoms with Crippen molar-refractivity contribution in [1.82, 2.24) is 15.0 Å². The molecule has 5 atom stereocenters. The SMILES string of the molecule is COc1ccc([Si](C)(C)[C@H]2[C@H](CCn3cc(C(CO)c4ccccc4)nn3)O[C@@]3(C(=O)N(C/C=C(\C)CCC=C(C)C)c4ccc(N5CCCCC5=O)cc43)[C@@H]2C)cc1. The fourth-order valence-electron chi connectivity index (χ4n) is 9.83. The van der Waals surface area contributed by atoms with Crippen molar-refractivity contribution in [2.75, 3.05) is 36.6 Å². The Morgan fingerprint density at radius 1 is 1.03 bits per heavy atom. The molecule has 3 aliphatic rings. The summed E-state index contributed by atoms with van der Waals surface area (Å²) in [4.78, 5) is 32.5. The lowest BCUT2D eigenvalue weighted by atomic mass is 9.82. The third-order valence-corrected chi connectivity index (χ3v) is 17.5. The predicted molar refractivity (Wildman–Crippen MR) is 237 cm³/mol. The van der Waals surface area contributed by atoms with Gasteiger partial charge in [0.2, 0.25) is 5.91 Å². The van der Waals surface area contributed by atoms with E-state index in [-0.39, 0.29) is 41.9 Å². The molecule has 2 amide bonds. The molecule has 11 heteroatoms. The number of carbonyl (C=O) groups excluding carboxylic acids is 2. The van der Waals surface area contributed by atoms with Crippen molar-refractivity contribution in [2.45, 2.75) is 109 Å². The predicted octanol–water partition coefficient (Wildman–Crippen LogP) is 8.27. The molecule has 10 nitrogen and oxygen atoms in total. The van der Waals surface area contributed by atoms with Crippen LogP contribution in [0.2, 0.25) is 18.6 Å². The maximum absolute atomic E-state index is 15.5. The van der Waals surface area contributed by atoms with Gasteiger partial charge >= 0.3 is 0 Å². The molecule has 2 saturated heterocycles. The highest BCUT2D eigenvalue weighted by Crippen LogP contribution is 2.60. The molecule has 1 spiro atoms. The number of anilines is 2. The van der Waals surface area contributed by atoms with E-state index < -0.39 is 13.7 Å². The summed E-state index contributed by atoms with van der Waals surface area (Å²) in [5.74, 6) is 0.411. The lowest BCUT2D eigenvalue weighted by Gasteiger charge is -2.37. The summed E-state index contributed by atoms with van der Waals surface area (Å²) in [7, 11) is -0.721. The lowest BCUT2D eigenvalue weighted by molar-refractivity contribution is -0.145. The first-order valence-corrected chi connectivity index (χ1v) is 24.4. The lowest BCUT2D eigenvalue weighted by Crippen LogP contribution is -2.52. The van der Waals surface area contributed by atoms with Gasteiger partial charge in [-0.1, -0.05) is 96.2 Å². The first-order valence-electron chi connectivity index (χ1n) is 21.3. The Hall–Kier alpha value is -4.84. The minimum Gasteiger partial charge on any atom is -0.497 e. The molecule has 7 rings (SSSR count). The van der Waals surface area contributed by atoms with Crippen LogP contribution in [0.15, 0.2) is 102 Å². The van der Waals surface area contributed by atoms with Crippen molar-refractivity contribution in [3.8, 4) is 5.75 Å². The average molecular weight is 816 g/mol.